The van der Waals surface area contributed by atoms with Gasteiger partial charge in [0.15, 0.2) is 0 Å². The van der Waals surface area contributed by atoms with Crippen LogP contribution in [0.2, 0.25) is 0 Å². The summed E-state index contributed by atoms with van der Waals surface area (Å²) in [4.78, 5) is 33.9. The molecule has 0 saturated carbocycles. The Morgan fingerprint density at radius 1 is 0.903 bits per heavy atom. The van der Waals surface area contributed by atoms with Gasteiger partial charge in [-0.25, -0.2) is 4.98 Å². The summed E-state index contributed by atoms with van der Waals surface area (Å²) in [5.41, 5.74) is 14.2. The summed E-state index contributed by atoms with van der Waals surface area (Å²) in [7, 11) is 0. The van der Waals surface area contributed by atoms with Crippen LogP contribution in [0.15, 0.2) is 54.7 Å². The minimum atomic E-state index is -0.218. The Bertz CT molecular complexity index is 1080. The molecule has 4 N–H and O–H groups in total. The first-order valence-electron chi connectivity index (χ1n) is 10.1. The highest BCUT2D eigenvalue weighted by atomic mass is 16.5. The zero-order valence-corrected chi connectivity index (χ0v) is 17.0. The van der Waals surface area contributed by atoms with Crippen LogP contribution >= 0.6 is 0 Å². The number of anilines is 2. The predicted molar refractivity (Wildman–Crippen MR) is 117 cm³/mol. The average Bonchev–Trinajstić information content (AvgIpc) is 3.01. The number of carbonyl (C=O) groups is 2. The van der Waals surface area contributed by atoms with Gasteiger partial charge in [0, 0.05) is 24.7 Å². The van der Waals surface area contributed by atoms with Gasteiger partial charge in [-0.15, -0.1) is 0 Å². The summed E-state index contributed by atoms with van der Waals surface area (Å²) in [6, 6.07) is 14.6. The van der Waals surface area contributed by atoms with E-state index >= 15 is 0 Å². The van der Waals surface area contributed by atoms with Crippen molar-refractivity contribution in [3.8, 4) is 5.75 Å². The van der Waals surface area contributed by atoms with Crippen molar-refractivity contribution >= 4 is 23.6 Å². The lowest BCUT2D eigenvalue weighted by molar-refractivity contribution is 0.0649. The van der Waals surface area contributed by atoms with Crippen molar-refractivity contribution in [1.82, 2.24) is 14.9 Å². The zero-order chi connectivity index (χ0) is 21.8. The Morgan fingerprint density at radius 3 is 2.23 bits per heavy atom. The second-order valence-corrected chi connectivity index (χ2v) is 7.32. The molecule has 158 valence electrons. The topological polar surface area (TPSA) is 124 Å². The van der Waals surface area contributed by atoms with E-state index in [1.807, 2.05) is 24.3 Å². The summed E-state index contributed by atoms with van der Waals surface area (Å²) >= 11 is 0. The van der Waals surface area contributed by atoms with Gasteiger partial charge in [0.1, 0.15) is 11.6 Å². The van der Waals surface area contributed by atoms with Gasteiger partial charge in [-0.1, -0.05) is 24.3 Å². The molecule has 0 unspecified atom stereocenters. The molecule has 2 aromatic carbocycles. The van der Waals surface area contributed by atoms with Gasteiger partial charge in [0.05, 0.1) is 17.7 Å². The van der Waals surface area contributed by atoms with Crippen LogP contribution in [0, 0.1) is 0 Å². The lowest BCUT2D eigenvalue weighted by Gasteiger charge is -2.13. The molecule has 0 radical (unpaired) electrons. The molecular formula is C23H23N5O3. The minimum absolute atomic E-state index is 0.160. The SMILES string of the molecule is Nc1ncc(Cc2ccc(OCCCCN3C(=O)c4ccccc4C3=O)cc2)c(N)n1. The molecule has 8 nitrogen and oxygen atoms in total. The maximum absolute atomic E-state index is 12.3. The van der Waals surface area contributed by atoms with E-state index in [4.69, 9.17) is 16.2 Å². The number of hydrogen-bond acceptors (Lipinski definition) is 7. The van der Waals surface area contributed by atoms with E-state index < -0.39 is 0 Å². The summed E-state index contributed by atoms with van der Waals surface area (Å²) in [6.45, 7) is 0.890. The number of unbranched alkanes of at least 4 members (excludes halogenated alkanes) is 1. The molecule has 4 rings (SSSR count). The number of rotatable bonds is 8. The van der Waals surface area contributed by atoms with E-state index in [9.17, 15) is 9.59 Å². The monoisotopic (exact) mass is 417 g/mol. The molecule has 0 spiro atoms. The predicted octanol–water partition coefficient (Wildman–Crippen LogP) is 2.69. The van der Waals surface area contributed by atoms with Crippen LogP contribution in [0.5, 0.6) is 5.75 Å². The smallest absolute Gasteiger partial charge is 0.261 e. The molecule has 1 aliphatic rings. The number of ether oxygens (including phenoxy) is 1. The Hall–Kier alpha value is -3.94. The number of aromatic nitrogens is 2. The molecule has 2 heterocycles. The first kappa shape index (κ1) is 20.3. The largest absolute Gasteiger partial charge is 0.494 e. The van der Waals surface area contributed by atoms with E-state index in [1.165, 1.54) is 4.90 Å². The van der Waals surface area contributed by atoms with Crippen molar-refractivity contribution in [2.45, 2.75) is 19.3 Å². The highest BCUT2D eigenvalue weighted by Gasteiger charge is 2.34. The number of carbonyl (C=O) groups excluding carboxylic acids is 2. The van der Waals surface area contributed by atoms with Gasteiger partial charge < -0.3 is 16.2 Å². The Morgan fingerprint density at radius 2 is 1.58 bits per heavy atom. The maximum atomic E-state index is 12.3. The fourth-order valence-electron chi connectivity index (χ4n) is 3.50. The standard InChI is InChI=1S/C23H23N5O3/c24-20-16(14-26-23(25)27-20)13-15-7-9-17(10-8-15)31-12-4-3-11-28-21(29)18-5-1-2-6-19(18)22(28)30/h1-2,5-10,14H,3-4,11-13H2,(H4,24,25,26,27). The molecule has 0 aliphatic carbocycles. The third-order valence-electron chi connectivity index (χ3n) is 5.16. The van der Waals surface area contributed by atoms with Gasteiger partial charge in [-0.05, 0) is 42.7 Å². The molecule has 1 aromatic heterocycles. The third-order valence-corrected chi connectivity index (χ3v) is 5.16. The molecule has 2 amide bonds. The number of nitrogens with two attached hydrogens (primary N) is 2. The summed E-state index contributed by atoms with van der Waals surface area (Å²) < 4.78 is 5.78. The molecule has 8 heteroatoms. The second-order valence-electron chi connectivity index (χ2n) is 7.32. The van der Waals surface area contributed by atoms with Crippen LogP contribution in [-0.2, 0) is 6.42 Å². The number of hydrogen-bond donors (Lipinski definition) is 2. The van der Waals surface area contributed by atoms with E-state index in [2.05, 4.69) is 9.97 Å². The first-order valence-corrected chi connectivity index (χ1v) is 10.1. The fraction of sp³-hybridized carbons (Fsp3) is 0.217. The highest BCUT2D eigenvalue weighted by Crippen LogP contribution is 2.23. The third kappa shape index (κ3) is 4.48. The maximum Gasteiger partial charge on any atom is 0.261 e. The number of nitrogen functional groups attached to an aromatic ring is 2. The summed E-state index contributed by atoms with van der Waals surface area (Å²) in [5.74, 6) is 0.860. The van der Waals surface area contributed by atoms with Gasteiger partial charge in [-0.3, -0.25) is 14.5 Å². The fourth-order valence-corrected chi connectivity index (χ4v) is 3.50. The number of amides is 2. The molecule has 1 aliphatic heterocycles. The van der Waals surface area contributed by atoms with Crippen LogP contribution in [0.25, 0.3) is 0 Å². The first-order chi connectivity index (χ1) is 15.0. The Kier molecular flexibility index (Phi) is 5.79. The number of imide groups is 1. The van der Waals surface area contributed by atoms with Crippen LogP contribution < -0.4 is 16.2 Å². The number of fused-ring (bicyclic) bond motifs is 1. The number of nitrogens with zero attached hydrogens (tertiary/aromatic N) is 3. The van der Waals surface area contributed by atoms with E-state index in [-0.39, 0.29) is 17.8 Å². The molecule has 0 atom stereocenters. The van der Waals surface area contributed by atoms with Gasteiger partial charge in [-0.2, -0.15) is 4.98 Å². The van der Waals surface area contributed by atoms with Crippen molar-refractivity contribution in [3.05, 3.63) is 77.0 Å². The second kappa shape index (κ2) is 8.83. The van der Waals surface area contributed by atoms with Gasteiger partial charge in [0.25, 0.3) is 11.8 Å². The minimum Gasteiger partial charge on any atom is -0.494 e. The molecule has 31 heavy (non-hydrogen) atoms. The molecular weight excluding hydrogens is 394 g/mol. The molecule has 0 saturated heterocycles. The highest BCUT2D eigenvalue weighted by molar-refractivity contribution is 6.21. The quantitative estimate of drug-likeness (QED) is 0.426. The normalized spacial score (nSPS) is 12.8. The lowest BCUT2D eigenvalue weighted by Crippen LogP contribution is -2.30. The van der Waals surface area contributed by atoms with Crippen LogP contribution in [-0.4, -0.2) is 39.8 Å². The van der Waals surface area contributed by atoms with E-state index in [1.54, 1.807) is 30.5 Å². The van der Waals surface area contributed by atoms with Crippen LogP contribution in [0.4, 0.5) is 11.8 Å². The number of benzene rings is 2. The van der Waals surface area contributed by atoms with Crippen molar-refractivity contribution in [2.75, 3.05) is 24.6 Å². The summed E-state index contributed by atoms with van der Waals surface area (Å²) in [5, 5.41) is 0. The van der Waals surface area contributed by atoms with Crippen molar-refractivity contribution in [1.29, 1.82) is 0 Å². The van der Waals surface area contributed by atoms with Crippen molar-refractivity contribution < 1.29 is 14.3 Å². The summed E-state index contributed by atoms with van der Waals surface area (Å²) in [6.07, 6.45) is 3.65. The molecule has 0 bridgehead atoms. The van der Waals surface area contributed by atoms with Gasteiger partial charge in [0.2, 0.25) is 5.95 Å². The van der Waals surface area contributed by atoms with E-state index in [0.717, 1.165) is 23.3 Å². The molecule has 3 aromatic rings. The average molecular weight is 417 g/mol. The van der Waals surface area contributed by atoms with Crippen LogP contribution in [0.1, 0.15) is 44.7 Å². The molecule has 0 fully saturated rings. The van der Waals surface area contributed by atoms with Crippen molar-refractivity contribution in [2.24, 2.45) is 0 Å². The van der Waals surface area contributed by atoms with Gasteiger partial charge >= 0.3 is 0 Å². The zero-order valence-electron chi connectivity index (χ0n) is 17.0. The Labute approximate surface area is 179 Å². The van der Waals surface area contributed by atoms with E-state index in [0.29, 0.717) is 42.9 Å². The van der Waals surface area contributed by atoms with Crippen LogP contribution in [0.3, 0.4) is 0 Å². The lowest BCUT2D eigenvalue weighted by atomic mass is 10.1. The van der Waals surface area contributed by atoms with Crippen molar-refractivity contribution in [3.63, 3.8) is 0 Å². The Balaban J connectivity index is 1.22.